The first-order valence-electron chi connectivity index (χ1n) is 13.3. The Hall–Kier alpha value is -1.99. The number of carbonyl (C=O) groups excluding carboxylic acids is 1. The van der Waals surface area contributed by atoms with E-state index in [1.165, 1.54) is 23.0 Å². The van der Waals surface area contributed by atoms with E-state index in [4.69, 9.17) is 16.0 Å². The van der Waals surface area contributed by atoms with Gasteiger partial charge in [-0.25, -0.2) is 43.8 Å². The van der Waals surface area contributed by atoms with E-state index in [0.717, 1.165) is 30.3 Å². The zero-order chi connectivity index (χ0) is 29.8. The van der Waals surface area contributed by atoms with Crippen molar-refractivity contribution in [3.05, 3.63) is 120 Å². The number of terminal acetylenes is 1. The van der Waals surface area contributed by atoms with Crippen LogP contribution in [0.1, 0.15) is 44.4 Å². The van der Waals surface area contributed by atoms with E-state index >= 15 is 0 Å². The van der Waals surface area contributed by atoms with Crippen LogP contribution >= 0.6 is 0 Å². The van der Waals surface area contributed by atoms with Crippen LogP contribution < -0.4 is 66.2 Å². The molecule has 3 rings (SSSR count). The number of fused-ring (bicyclic) bond motifs is 1. The minimum Gasteiger partial charge on any atom is -0.466 e. The van der Waals surface area contributed by atoms with Gasteiger partial charge in [0.15, 0.2) is 0 Å². The van der Waals surface area contributed by atoms with Crippen LogP contribution in [0, 0.1) is 71.8 Å². The largest absolute Gasteiger partial charge is 1.00 e. The van der Waals surface area contributed by atoms with Gasteiger partial charge in [-0.15, -0.1) is 84.9 Å². The molecule has 0 unspecified atom stereocenters. The summed E-state index contributed by atoms with van der Waals surface area (Å²) in [4.78, 5) is 20.0. The number of rotatable bonds is 13. The van der Waals surface area contributed by atoms with E-state index in [1.807, 2.05) is 35.6 Å². The Labute approximate surface area is 305 Å². The van der Waals surface area contributed by atoms with Gasteiger partial charge >= 0.3 is 62.6 Å². The van der Waals surface area contributed by atoms with Crippen molar-refractivity contribution < 1.29 is 66.1 Å². The molecule has 0 N–H and O–H groups in total. The summed E-state index contributed by atoms with van der Waals surface area (Å²) in [6.07, 6.45) is 12.9. The van der Waals surface area contributed by atoms with Gasteiger partial charge in [-0.1, -0.05) is 24.8 Å². The summed E-state index contributed by atoms with van der Waals surface area (Å²) in [5, 5.41) is 2.44. The fourth-order valence-corrected chi connectivity index (χ4v) is 3.60. The maximum absolute atomic E-state index is 8.93. The normalized spacial score (nSPS) is 9.84. The molecule has 0 aliphatic rings. The Morgan fingerprint density at radius 2 is 1.84 bits per heavy atom. The average molecular weight is 572 g/mol. The third-order valence-electron chi connectivity index (χ3n) is 6.01. The molecule has 0 amide bonds. The van der Waals surface area contributed by atoms with Gasteiger partial charge in [0.05, 0.1) is 6.61 Å². The molecular formula is C36H44Li3N3O2-6. The predicted molar refractivity (Wildman–Crippen MR) is 174 cm³/mol. The second-order valence-electron chi connectivity index (χ2n) is 8.89. The molecule has 0 saturated carbocycles. The third-order valence-corrected chi connectivity index (χ3v) is 6.01. The van der Waals surface area contributed by atoms with Crippen molar-refractivity contribution >= 4 is 22.9 Å². The molecule has 224 valence electrons. The van der Waals surface area contributed by atoms with Crippen molar-refractivity contribution in [1.82, 2.24) is 9.97 Å². The number of anilines is 1. The maximum atomic E-state index is 8.93. The van der Waals surface area contributed by atoms with Crippen LogP contribution in [0.3, 0.4) is 0 Å². The number of hydrogen-bond acceptors (Lipinski definition) is 5. The minimum absolute atomic E-state index is 0. The fraction of sp³-hybridized carbons (Fsp3) is 0.278. The number of benzene rings is 2. The van der Waals surface area contributed by atoms with Crippen molar-refractivity contribution in [3.8, 4) is 18.4 Å². The Morgan fingerprint density at radius 1 is 1.20 bits per heavy atom. The van der Waals surface area contributed by atoms with Crippen LogP contribution in [0.4, 0.5) is 5.82 Å². The van der Waals surface area contributed by atoms with Crippen molar-refractivity contribution in [2.75, 3.05) is 24.6 Å². The first kappa shape index (κ1) is 48.9. The molecule has 44 heavy (non-hydrogen) atoms. The van der Waals surface area contributed by atoms with Gasteiger partial charge < -0.3 is 48.5 Å². The summed E-state index contributed by atoms with van der Waals surface area (Å²) in [5.74, 6) is 5.07. The molecular weight excluding hydrogens is 527 g/mol. The molecule has 2 aromatic carbocycles. The summed E-state index contributed by atoms with van der Waals surface area (Å²) < 4.78 is 5.86. The monoisotopic (exact) mass is 571 g/mol. The molecule has 0 bridgehead atoms. The van der Waals surface area contributed by atoms with Gasteiger partial charge in [0.1, 0.15) is 0 Å². The zero-order valence-corrected chi connectivity index (χ0v) is 28.0. The standard InChI is InChI=1S/C22H31N3O.C10H7.C3H3O.CH3.3Li/c1-8-12-13-15-25(11-4)21-20(10-3)19(7)23-22(24-21)26-16-18(6)17(5)14-9-2;1-2-6-10-8-4-3-7-9(10)5-1;1-2-3-4;;;;/h1,13,18H,2-4,7,9-12,14-16H2,5-6H3;1-7H;2H,1H2;1H3;;;/q-6;3*-1;3*+1/t18-;;;;;;/m0....../s1. The van der Waals surface area contributed by atoms with E-state index < -0.39 is 0 Å². The number of unbranched alkanes of at least 4 members (excludes halogenated alkanes) is 1. The van der Waals surface area contributed by atoms with Crippen molar-refractivity contribution in [2.24, 2.45) is 5.92 Å². The summed E-state index contributed by atoms with van der Waals surface area (Å²) in [7, 11) is 0. The Kier molecular flexibility index (Phi) is 33.0. The number of ether oxygens (including phenoxy) is 1. The van der Waals surface area contributed by atoms with Gasteiger partial charge in [-0.3, -0.25) is 6.42 Å². The molecule has 0 aliphatic carbocycles. The van der Waals surface area contributed by atoms with E-state index in [0.29, 0.717) is 50.2 Å². The zero-order valence-electron chi connectivity index (χ0n) is 28.0. The molecule has 0 saturated heterocycles. The molecule has 0 radical (unpaired) electrons. The van der Waals surface area contributed by atoms with Gasteiger partial charge in [0.2, 0.25) is 0 Å². The SMILES string of the molecule is C#CC[CH-]CN(C[CH2-])c1nc(OC[C@H](C)[C-](C)CC[CH2-])nc([CH2-])c1C[CH2-].C=C[C-]=O.[CH3-].[Li+].[Li+].[Li+].[c-]1cccc2ccccc12. The van der Waals surface area contributed by atoms with E-state index in [-0.39, 0.29) is 64.0 Å². The van der Waals surface area contributed by atoms with E-state index in [9.17, 15) is 0 Å². The molecule has 1 heterocycles. The molecule has 5 nitrogen and oxygen atoms in total. The molecule has 3 aromatic rings. The van der Waals surface area contributed by atoms with Gasteiger partial charge in [0, 0.05) is 5.82 Å². The molecule has 0 spiro atoms. The van der Waals surface area contributed by atoms with Crippen LogP contribution in [-0.4, -0.2) is 36.0 Å². The molecule has 8 heteroatoms. The smallest absolute Gasteiger partial charge is 0.466 e. The third kappa shape index (κ3) is 18.1. The van der Waals surface area contributed by atoms with Crippen molar-refractivity contribution in [2.45, 2.75) is 39.5 Å². The van der Waals surface area contributed by atoms with Crippen LogP contribution in [0.25, 0.3) is 10.8 Å². The molecule has 1 atom stereocenters. The Bertz CT molecular complexity index is 1130. The topological polar surface area (TPSA) is 55.3 Å². The first-order chi connectivity index (χ1) is 19.4. The van der Waals surface area contributed by atoms with E-state index in [2.05, 4.69) is 88.3 Å². The summed E-state index contributed by atoms with van der Waals surface area (Å²) >= 11 is 0. The second kappa shape index (κ2) is 29.7. The predicted octanol–water partition coefficient (Wildman–Crippen LogP) is -1.49. The maximum Gasteiger partial charge on any atom is 1.00 e. The second-order valence-corrected chi connectivity index (χ2v) is 8.89. The number of allylic oxidation sites excluding steroid dienone is 1. The fourth-order valence-electron chi connectivity index (χ4n) is 3.60. The molecule has 0 aliphatic heterocycles. The number of hydrogen-bond donors (Lipinski definition) is 0. The van der Waals surface area contributed by atoms with Crippen molar-refractivity contribution in [1.29, 1.82) is 0 Å². The Morgan fingerprint density at radius 3 is 2.39 bits per heavy atom. The summed E-state index contributed by atoms with van der Waals surface area (Å²) in [6.45, 7) is 25.0. The quantitative estimate of drug-likeness (QED) is 0.0824. The first-order valence-corrected chi connectivity index (χ1v) is 13.3. The van der Waals surface area contributed by atoms with Crippen molar-refractivity contribution in [3.63, 3.8) is 0 Å². The number of aromatic nitrogens is 2. The summed E-state index contributed by atoms with van der Waals surface area (Å²) in [5.41, 5.74) is 1.55. The van der Waals surface area contributed by atoms with Gasteiger partial charge in [0.25, 0.3) is 0 Å². The van der Waals surface area contributed by atoms with Gasteiger partial charge in [-0.05, 0) is 6.29 Å². The van der Waals surface area contributed by atoms with E-state index in [1.54, 1.807) is 0 Å². The van der Waals surface area contributed by atoms with Crippen LogP contribution in [0.15, 0.2) is 55.1 Å². The van der Waals surface area contributed by atoms with Crippen LogP contribution in [-0.2, 0) is 11.2 Å². The average Bonchev–Trinajstić information content (AvgIpc) is 2.98. The Balaban J connectivity index is -0.000000369. The molecule has 0 fully saturated rings. The summed E-state index contributed by atoms with van der Waals surface area (Å²) in [6, 6.07) is 17.7. The minimum atomic E-state index is 0. The van der Waals surface area contributed by atoms with Crippen LogP contribution in [0.2, 0.25) is 0 Å². The number of nitrogens with zero attached hydrogens (tertiary/aromatic N) is 3. The van der Waals surface area contributed by atoms with Gasteiger partial charge in [-0.2, -0.15) is 17.5 Å². The van der Waals surface area contributed by atoms with Crippen LogP contribution in [0.5, 0.6) is 6.01 Å². The molecule has 1 aromatic heterocycles.